The Morgan fingerprint density at radius 2 is 1.68 bits per heavy atom. The minimum absolute atomic E-state index is 0.0345. The van der Waals surface area contributed by atoms with E-state index in [2.05, 4.69) is 10.6 Å². The zero-order chi connectivity index (χ0) is 24.7. The molecule has 0 unspecified atom stereocenters. The van der Waals surface area contributed by atoms with Crippen LogP contribution in [0.15, 0.2) is 47.4 Å². The van der Waals surface area contributed by atoms with Crippen LogP contribution in [0.25, 0.3) is 0 Å². The first-order valence-corrected chi connectivity index (χ1v) is 12.6. The molecule has 2 N–H and O–H groups in total. The van der Waals surface area contributed by atoms with Gasteiger partial charge in [0, 0.05) is 19.2 Å². The van der Waals surface area contributed by atoms with Gasteiger partial charge in [-0.25, -0.2) is 8.42 Å². The third-order valence-electron chi connectivity index (χ3n) is 5.82. The third kappa shape index (κ3) is 6.06. The summed E-state index contributed by atoms with van der Waals surface area (Å²) >= 11 is 0. The van der Waals surface area contributed by atoms with Crippen molar-refractivity contribution in [1.29, 1.82) is 0 Å². The fourth-order valence-electron chi connectivity index (χ4n) is 3.93. The number of hydrogen-bond donors (Lipinski definition) is 2. The van der Waals surface area contributed by atoms with Crippen LogP contribution in [0.4, 0.5) is 5.69 Å². The van der Waals surface area contributed by atoms with Gasteiger partial charge in [0.05, 0.1) is 36.9 Å². The zero-order valence-corrected chi connectivity index (χ0v) is 20.5. The van der Waals surface area contributed by atoms with Crippen molar-refractivity contribution in [3.05, 3.63) is 48.0 Å². The van der Waals surface area contributed by atoms with E-state index < -0.39 is 22.5 Å². The summed E-state index contributed by atoms with van der Waals surface area (Å²) in [5.74, 6) is -0.164. The molecule has 1 aliphatic rings. The molecule has 2 aromatic carbocycles. The molecular formula is C24H31N3O6S. The number of nitrogens with zero attached hydrogens (tertiary/aromatic N) is 1. The van der Waals surface area contributed by atoms with Crippen molar-refractivity contribution < 1.29 is 27.5 Å². The van der Waals surface area contributed by atoms with E-state index >= 15 is 0 Å². The second-order valence-corrected chi connectivity index (χ2v) is 10.2. The van der Waals surface area contributed by atoms with Gasteiger partial charge in [0.25, 0.3) is 5.91 Å². The van der Waals surface area contributed by atoms with Gasteiger partial charge in [0.1, 0.15) is 0 Å². The fourth-order valence-corrected chi connectivity index (χ4v) is 5.08. The molecule has 3 rings (SSSR count). The lowest BCUT2D eigenvalue weighted by Crippen LogP contribution is -2.37. The molecule has 0 heterocycles. The van der Waals surface area contributed by atoms with Crippen molar-refractivity contribution in [2.45, 2.75) is 43.0 Å². The minimum Gasteiger partial charge on any atom is -0.493 e. The molecule has 0 spiro atoms. The van der Waals surface area contributed by atoms with Crippen molar-refractivity contribution in [3.8, 4) is 11.5 Å². The Morgan fingerprint density at radius 1 is 1.00 bits per heavy atom. The van der Waals surface area contributed by atoms with Crippen molar-refractivity contribution in [2.24, 2.45) is 0 Å². The summed E-state index contributed by atoms with van der Waals surface area (Å²) < 4.78 is 37.2. The first-order chi connectivity index (χ1) is 16.3. The van der Waals surface area contributed by atoms with Gasteiger partial charge in [-0.05, 0) is 37.1 Å². The fraction of sp³-hybridized carbons (Fsp3) is 0.417. The Balaban J connectivity index is 1.69. The molecular weight excluding hydrogens is 458 g/mol. The number of likely N-dealkylation sites (N-methyl/N-ethyl adjacent to an activating group) is 1. The molecule has 0 radical (unpaired) electrons. The predicted molar refractivity (Wildman–Crippen MR) is 129 cm³/mol. The van der Waals surface area contributed by atoms with Crippen molar-refractivity contribution in [3.63, 3.8) is 0 Å². The number of carbonyl (C=O) groups excluding carboxylic acids is 2. The van der Waals surface area contributed by atoms with E-state index in [4.69, 9.17) is 9.47 Å². The molecule has 0 atom stereocenters. The van der Waals surface area contributed by atoms with E-state index in [1.54, 1.807) is 24.3 Å². The van der Waals surface area contributed by atoms with Gasteiger partial charge in [-0.2, -0.15) is 4.31 Å². The first kappa shape index (κ1) is 25.5. The number of benzene rings is 2. The van der Waals surface area contributed by atoms with Crippen LogP contribution in [0.3, 0.4) is 0 Å². The molecule has 0 bridgehead atoms. The van der Waals surface area contributed by atoms with Crippen molar-refractivity contribution >= 4 is 27.5 Å². The highest BCUT2D eigenvalue weighted by molar-refractivity contribution is 7.89. The monoisotopic (exact) mass is 489 g/mol. The number of anilines is 1. The number of methoxy groups -OCH3 is 2. The summed E-state index contributed by atoms with van der Waals surface area (Å²) in [5.41, 5.74) is 0.671. The number of hydrogen-bond acceptors (Lipinski definition) is 6. The molecule has 2 amide bonds. The predicted octanol–water partition coefficient (Wildman–Crippen LogP) is 3.03. The summed E-state index contributed by atoms with van der Waals surface area (Å²) in [6, 6.07) is 11.0. The largest absolute Gasteiger partial charge is 0.493 e. The Kier molecular flexibility index (Phi) is 8.51. The lowest BCUT2D eigenvalue weighted by molar-refractivity contribution is -0.116. The second kappa shape index (κ2) is 11.3. The Hall–Kier alpha value is -3.11. The van der Waals surface area contributed by atoms with E-state index in [0.717, 1.165) is 30.0 Å². The van der Waals surface area contributed by atoms with Crippen molar-refractivity contribution in [2.75, 3.05) is 33.1 Å². The standard InChI is InChI=1S/C24H31N3O6S/c1-27(34(30,31)18-13-14-21(32-2)22(15-18)33-3)16-23(28)26-20-12-8-7-11-19(20)24(29)25-17-9-5-4-6-10-17/h7-8,11-15,17H,4-6,9-10,16H2,1-3H3,(H,25,29)(H,26,28). The molecule has 0 saturated heterocycles. The summed E-state index contributed by atoms with van der Waals surface area (Å²) in [7, 11) is 0.205. The number of nitrogens with one attached hydrogen (secondary N) is 2. The first-order valence-electron chi connectivity index (χ1n) is 11.1. The molecule has 34 heavy (non-hydrogen) atoms. The maximum atomic E-state index is 13.0. The lowest BCUT2D eigenvalue weighted by atomic mass is 9.95. The molecule has 1 aliphatic carbocycles. The molecule has 184 valence electrons. The highest BCUT2D eigenvalue weighted by atomic mass is 32.2. The van der Waals surface area contributed by atoms with Crippen LogP contribution in [-0.4, -0.2) is 58.4 Å². The Bertz CT molecular complexity index is 1130. The third-order valence-corrected chi connectivity index (χ3v) is 7.62. The van der Waals surface area contributed by atoms with Crippen LogP contribution in [-0.2, 0) is 14.8 Å². The average Bonchev–Trinajstić information content (AvgIpc) is 2.84. The van der Waals surface area contributed by atoms with Gasteiger partial charge in [0.15, 0.2) is 11.5 Å². The number of amides is 2. The lowest BCUT2D eigenvalue weighted by Gasteiger charge is -2.23. The topological polar surface area (TPSA) is 114 Å². The Labute approximate surface area is 200 Å². The molecule has 2 aromatic rings. The SMILES string of the molecule is COc1ccc(S(=O)(=O)N(C)CC(=O)Nc2ccccc2C(=O)NC2CCCCC2)cc1OC. The van der Waals surface area contributed by atoms with Gasteiger partial charge in [-0.1, -0.05) is 31.4 Å². The van der Waals surface area contributed by atoms with E-state index in [1.807, 2.05) is 0 Å². The normalized spacial score (nSPS) is 14.5. The van der Waals surface area contributed by atoms with Gasteiger partial charge < -0.3 is 20.1 Å². The van der Waals surface area contributed by atoms with E-state index in [1.165, 1.54) is 45.9 Å². The van der Waals surface area contributed by atoms with E-state index in [0.29, 0.717) is 17.0 Å². The highest BCUT2D eigenvalue weighted by Crippen LogP contribution is 2.30. The molecule has 1 fully saturated rings. The molecule has 0 aromatic heterocycles. The van der Waals surface area contributed by atoms with Gasteiger partial charge >= 0.3 is 0 Å². The smallest absolute Gasteiger partial charge is 0.253 e. The number of para-hydroxylation sites is 1. The molecule has 0 aliphatic heterocycles. The van der Waals surface area contributed by atoms with Gasteiger partial charge in [-0.15, -0.1) is 0 Å². The van der Waals surface area contributed by atoms with Crippen LogP contribution >= 0.6 is 0 Å². The summed E-state index contributed by atoms with van der Waals surface area (Å²) in [5, 5.41) is 5.71. The van der Waals surface area contributed by atoms with Gasteiger partial charge in [0.2, 0.25) is 15.9 Å². The number of ether oxygens (including phenoxy) is 2. The minimum atomic E-state index is -3.97. The zero-order valence-electron chi connectivity index (χ0n) is 19.7. The van der Waals surface area contributed by atoms with Crippen LogP contribution in [0.5, 0.6) is 11.5 Å². The van der Waals surface area contributed by atoms with E-state index in [9.17, 15) is 18.0 Å². The van der Waals surface area contributed by atoms with Crippen molar-refractivity contribution in [1.82, 2.24) is 9.62 Å². The number of carbonyl (C=O) groups is 2. The summed E-state index contributed by atoms with van der Waals surface area (Å²) in [4.78, 5) is 25.5. The summed E-state index contributed by atoms with van der Waals surface area (Å²) in [6.45, 7) is -0.435. The molecule has 10 heteroatoms. The highest BCUT2D eigenvalue weighted by Gasteiger charge is 2.25. The molecule has 9 nitrogen and oxygen atoms in total. The maximum absolute atomic E-state index is 13.0. The summed E-state index contributed by atoms with van der Waals surface area (Å²) in [6.07, 6.45) is 5.24. The van der Waals surface area contributed by atoms with Crippen LogP contribution in [0, 0.1) is 0 Å². The number of rotatable bonds is 9. The van der Waals surface area contributed by atoms with Gasteiger partial charge in [-0.3, -0.25) is 9.59 Å². The Morgan fingerprint density at radius 3 is 2.35 bits per heavy atom. The quantitative estimate of drug-likeness (QED) is 0.560. The molecule has 1 saturated carbocycles. The van der Waals surface area contributed by atoms with Crippen LogP contribution < -0.4 is 20.1 Å². The average molecular weight is 490 g/mol. The number of sulfonamides is 1. The van der Waals surface area contributed by atoms with E-state index in [-0.39, 0.29) is 22.6 Å². The van der Waals surface area contributed by atoms with Crippen LogP contribution in [0.2, 0.25) is 0 Å². The second-order valence-electron chi connectivity index (χ2n) is 8.18. The van der Waals surface area contributed by atoms with Crippen LogP contribution in [0.1, 0.15) is 42.5 Å². The maximum Gasteiger partial charge on any atom is 0.253 e.